The van der Waals surface area contributed by atoms with E-state index < -0.39 is 0 Å². The summed E-state index contributed by atoms with van der Waals surface area (Å²) >= 11 is 0. The summed E-state index contributed by atoms with van der Waals surface area (Å²) in [4.78, 5) is 11.5. The van der Waals surface area contributed by atoms with Gasteiger partial charge in [0.15, 0.2) is 5.78 Å². The Labute approximate surface area is 117 Å². The highest BCUT2D eigenvalue weighted by Crippen LogP contribution is 2.33. The Hall–Kier alpha value is -2.49. The molecule has 0 saturated carbocycles. The van der Waals surface area contributed by atoms with Crippen molar-refractivity contribution in [3.8, 4) is 17.2 Å². The molecule has 0 spiro atoms. The van der Waals surface area contributed by atoms with Crippen LogP contribution in [-0.2, 0) is 6.61 Å². The Morgan fingerprint density at radius 1 is 1.20 bits per heavy atom. The average Bonchev–Trinajstić information content (AvgIpc) is 2.45. The average molecular weight is 272 g/mol. The van der Waals surface area contributed by atoms with Gasteiger partial charge in [-0.05, 0) is 12.5 Å². The van der Waals surface area contributed by atoms with Crippen LogP contribution in [0.2, 0.25) is 0 Å². The minimum Gasteiger partial charge on any atom is -0.507 e. The molecule has 0 radical (unpaired) electrons. The number of phenolic OH excluding ortho intramolecular Hbond substituents is 1. The van der Waals surface area contributed by atoms with Gasteiger partial charge in [0.25, 0.3) is 0 Å². The maximum Gasteiger partial charge on any atom is 0.167 e. The van der Waals surface area contributed by atoms with Gasteiger partial charge in [-0.2, -0.15) is 0 Å². The van der Waals surface area contributed by atoms with E-state index in [0.717, 1.165) is 5.56 Å². The summed E-state index contributed by atoms with van der Waals surface area (Å²) in [5.74, 6) is 0.364. The number of phenols is 1. The van der Waals surface area contributed by atoms with Crippen LogP contribution in [0.4, 0.5) is 0 Å². The second kappa shape index (κ2) is 6.10. The van der Waals surface area contributed by atoms with E-state index in [1.807, 2.05) is 30.3 Å². The summed E-state index contributed by atoms with van der Waals surface area (Å²) in [5.41, 5.74) is 1.18. The van der Waals surface area contributed by atoms with Crippen molar-refractivity contribution in [2.45, 2.75) is 13.5 Å². The topological polar surface area (TPSA) is 55.8 Å². The third kappa shape index (κ3) is 3.09. The first-order valence-corrected chi connectivity index (χ1v) is 6.20. The van der Waals surface area contributed by atoms with E-state index in [4.69, 9.17) is 9.47 Å². The highest BCUT2D eigenvalue weighted by atomic mass is 16.5. The number of rotatable bonds is 5. The lowest BCUT2D eigenvalue weighted by Crippen LogP contribution is -2.00. The Balaban J connectivity index is 2.21. The molecule has 4 nitrogen and oxygen atoms in total. The predicted molar refractivity (Wildman–Crippen MR) is 75.4 cm³/mol. The Bertz CT molecular complexity index is 605. The molecule has 1 N–H and O–H groups in total. The summed E-state index contributed by atoms with van der Waals surface area (Å²) in [6, 6.07) is 12.7. The molecule has 0 bridgehead atoms. The Kier molecular flexibility index (Phi) is 4.25. The largest absolute Gasteiger partial charge is 0.507 e. The molecular weight excluding hydrogens is 256 g/mol. The zero-order valence-corrected chi connectivity index (χ0v) is 11.4. The first-order chi connectivity index (χ1) is 9.61. The van der Waals surface area contributed by atoms with Crippen LogP contribution in [0.1, 0.15) is 22.8 Å². The third-order valence-corrected chi connectivity index (χ3v) is 2.88. The first-order valence-electron chi connectivity index (χ1n) is 6.20. The lowest BCUT2D eigenvalue weighted by atomic mass is 10.1. The second-order valence-corrected chi connectivity index (χ2v) is 4.35. The number of carbonyl (C=O) groups excluding carboxylic acids is 1. The van der Waals surface area contributed by atoms with Crippen molar-refractivity contribution in [3.05, 3.63) is 53.6 Å². The van der Waals surface area contributed by atoms with E-state index >= 15 is 0 Å². The lowest BCUT2D eigenvalue weighted by molar-refractivity contribution is 0.101. The molecule has 0 saturated heterocycles. The summed E-state index contributed by atoms with van der Waals surface area (Å²) < 4.78 is 10.7. The van der Waals surface area contributed by atoms with Gasteiger partial charge >= 0.3 is 0 Å². The van der Waals surface area contributed by atoms with Crippen LogP contribution in [0, 0.1) is 0 Å². The van der Waals surface area contributed by atoms with E-state index in [9.17, 15) is 9.90 Å². The van der Waals surface area contributed by atoms with Gasteiger partial charge in [0.05, 0.1) is 7.11 Å². The van der Waals surface area contributed by atoms with Crippen molar-refractivity contribution in [3.63, 3.8) is 0 Å². The molecule has 2 aromatic rings. The summed E-state index contributed by atoms with van der Waals surface area (Å²) in [6.45, 7) is 1.75. The minimum absolute atomic E-state index is 0.139. The molecule has 0 atom stereocenters. The van der Waals surface area contributed by atoms with Crippen LogP contribution in [0.15, 0.2) is 42.5 Å². The molecule has 2 aromatic carbocycles. The summed E-state index contributed by atoms with van der Waals surface area (Å²) in [6.07, 6.45) is 0. The molecule has 2 rings (SSSR count). The monoisotopic (exact) mass is 272 g/mol. The van der Waals surface area contributed by atoms with E-state index in [1.54, 1.807) is 6.07 Å². The van der Waals surface area contributed by atoms with Gasteiger partial charge < -0.3 is 14.6 Å². The number of methoxy groups -OCH3 is 1. The molecule has 0 fully saturated rings. The van der Waals surface area contributed by atoms with Crippen molar-refractivity contribution in [2.75, 3.05) is 7.11 Å². The second-order valence-electron chi connectivity index (χ2n) is 4.35. The van der Waals surface area contributed by atoms with E-state index in [1.165, 1.54) is 20.1 Å². The zero-order chi connectivity index (χ0) is 14.5. The van der Waals surface area contributed by atoms with E-state index in [2.05, 4.69) is 0 Å². The number of hydrogen-bond donors (Lipinski definition) is 1. The van der Waals surface area contributed by atoms with Crippen LogP contribution < -0.4 is 9.47 Å². The Morgan fingerprint density at radius 2 is 1.90 bits per heavy atom. The van der Waals surface area contributed by atoms with Crippen LogP contribution in [0.5, 0.6) is 17.2 Å². The first kappa shape index (κ1) is 13.9. The normalized spacial score (nSPS) is 10.1. The van der Waals surface area contributed by atoms with Crippen molar-refractivity contribution in [2.24, 2.45) is 0 Å². The summed E-state index contributed by atoms with van der Waals surface area (Å²) in [7, 11) is 1.45. The van der Waals surface area contributed by atoms with E-state index in [0.29, 0.717) is 18.1 Å². The summed E-state index contributed by atoms with van der Waals surface area (Å²) in [5, 5.41) is 9.89. The van der Waals surface area contributed by atoms with Gasteiger partial charge in [-0.1, -0.05) is 30.3 Å². The molecule has 0 aromatic heterocycles. The van der Waals surface area contributed by atoms with Gasteiger partial charge in [-0.25, -0.2) is 0 Å². The molecule has 0 unspecified atom stereocenters. The fraction of sp³-hybridized carbons (Fsp3) is 0.188. The molecule has 0 amide bonds. The minimum atomic E-state index is -0.256. The molecule has 0 aliphatic carbocycles. The number of carbonyl (C=O) groups is 1. The number of hydrogen-bond acceptors (Lipinski definition) is 4. The van der Waals surface area contributed by atoms with Gasteiger partial charge in [-0.3, -0.25) is 4.79 Å². The smallest absolute Gasteiger partial charge is 0.167 e. The number of ketones is 1. The molecule has 104 valence electrons. The van der Waals surface area contributed by atoms with Gasteiger partial charge in [0.2, 0.25) is 0 Å². The van der Waals surface area contributed by atoms with E-state index in [-0.39, 0.29) is 17.1 Å². The number of ether oxygens (including phenoxy) is 2. The maximum absolute atomic E-state index is 11.5. The number of Topliss-reactive ketones (excluding diaryl/α,β-unsaturated/α-hetero) is 1. The molecule has 0 aliphatic rings. The predicted octanol–water partition coefficient (Wildman–Crippen LogP) is 3.18. The quantitative estimate of drug-likeness (QED) is 0.849. The zero-order valence-electron chi connectivity index (χ0n) is 11.4. The van der Waals surface area contributed by atoms with Crippen molar-refractivity contribution >= 4 is 5.78 Å². The van der Waals surface area contributed by atoms with Crippen molar-refractivity contribution < 1.29 is 19.4 Å². The van der Waals surface area contributed by atoms with Crippen LogP contribution in [-0.4, -0.2) is 18.0 Å². The highest BCUT2D eigenvalue weighted by Gasteiger charge is 2.15. The van der Waals surface area contributed by atoms with Crippen LogP contribution >= 0.6 is 0 Å². The number of benzene rings is 2. The molecular formula is C16H16O4. The van der Waals surface area contributed by atoms with Crippen molar-refractivity contribution in [1.82, 2.24) is 0 Å². The van der Waals surface area contributed by atoms with Crippen molar-refractivity contribution in [1.29, 1.82) is 0 Å². The van der Waals surface area contributed by atoms with Crippen LogP contribution in [0.3, 0.4) is 0 Å². The number of aromatic hydroxyl groups is 1. The standard InChI is InChI=1S/C16H16O4/c1-11(17)16-14(18)8-13(9-15(16)19-2)20-10-12-6-4-3-5-7-12/h3-9,18H,10H2,1-2H3. The van der Waals surface area contributed by atoms with Gasteiger partial charge in [0.1, 0.15) is 29.4 Å². The highest BCUT2D eigenvalue weighted by molar-refractivity contribution is 5.99. The maximum atomic E-state index is 11.5. The van der Waals surface area contributed by atoms with Gasteiger partial charge in [0, 0.05) is 12.1 Å². The molecule has 4 heteroatoms. The fourth-order valence-electron chi connectivity index (χ4n) is 1.92. The molecule has 0 heterocycles. The van der Waals surface area contributed by atoms with Crippen LogP contribution in [0.25, 0.3) is 0 Å². The lowest BCUT2D eigenvalue weighted by Gasteiger charge is -2.12. The SMILES string of the molecule is COc1cc(OCc2ccccc2)cc(O)c1C(C)=O. The molecule has 0 aliphatic heterocycles. The third-order valence-electron chi connectivity index (χ3n) is 2.88. The molecule has 20 heavy (non-hydrogen) atoms. The fourth-order valence-corrected chi connectivity index (χ4v) is 1.92. The Morgan fingerprint density at radius 3 is 2.50 bits per heavy atom. The van der Waals surface area contributed by atoms with Gasteiger partial charge in [-0.15, -0.1) is 0 Å².